The Balaban J connectivity index is 0.00000109. The quantitative estimate of drug-likeness (QED) is 0.832. The predicted molar refractivity (Wildman–Crippen MR) is 115 cm³/mol. The lowest BCUT2D eigenvalue weighted by molar-refractivity contribution is -0.132. The minimum Gasteiger partial charge on any atom is -0.340 e. The van der Waals surface area contributed by atoms with Crippen LogP contribution in [0.4, 0.5) is 5.69 Å². The predicted octanol–water partition coefficient (Wildman–Crippen LogP) is 3.05. The molecule has 6 nitrogen and oxygen atoms in total. The van der Waals surface area contributed by atoms with Gasteiger partial charge in [-0.05, 0) is 31.7 Å². The number of benzene rings is 1. The lowest BCUT2D eigenvalue weighted by Crippen LogP contribution is -2.51. The molecule has 0 aromatic heterocycles. The van der Waals surface area contributed by atoms with Gasteiger partial charge < -0.3 is 15.2 Å². The van der Waals surface area contributed by atoms with Crippen molar-refractivity contribution in [1.82, 2.24) is 20.1 Å². The lowest BCUT2D eigenvalue weighted by atomic mass is 9.99. The molecule has 156 valence electrons. The number of nitrogens with one attached hydrogen (secondary N) is 2. The Hall–Kier alpha value is -1.63. The number of piperidine rings is 1. The second kappa shape index (κ2) is 10.2. The molecule has 4 rings (SSSR count). The second-order valence-electron chi connectivity index (χ2n) is 7.79. The maximum Gasteiger partial charge on any atom is 0.219 e. The Morgan fingerprint density at radius 1 is 1.07 bits per heavy atom. The Labute approximate surface area is 170 Å². The van der Waals surface area contributed by atoms with Gasteiger partial charge in [-0.3, -0.25) is 9.69 Å². The number of hydrogen-bond acceptors (Lipinski definition) is 5. The van der Waals surface area contributed by atoms with E-state index in [0.29, 0.717) is 6.04 Å². The molecule has 2 atom stereocenters. The highest BCUT2D eigenvalue weighted by Gasteiger charge is 2.30. The van der Waals surface area contributed by atoms with Gasteiger partial charge in [0.2, 0.25) is 5.91 Å². The van der Waals surface area contributed by atoms with Crippen LogP contribution >= 0.6 is 0 Å². The third-order valence-corrected chi connectivity index (χ3v) is 6.18. The average molecular weight is 388 g/mol. The van der Waals surface area contributed by atoms with Crippen LogP contribution in [0.2, 0.25) is 0 Å². The smallest absolute Gasteiger partial charge is 0.219 e. The van der Waals surface area contributed by atoms with Crippen LogP contribution in [0.15, 0.2) is 24.3 Å². The van der Waals surface area contributed by atoms with E-state index in [1.807, 2.05) is 13.8 Å². The van der Waals surface area contributed by atoms with E-state index in [9.17, 15) is 4.79 Å². The molecule has 3 aliphatic heterocycles. The van der Waals surface area contributed by atoms with Gasteiger partial charge in [-0.2, -0.15) is 0 Å². The molecule has 2 fully saturated rings. The van der Waals surface area contributed by atoms with Crippen molar-refractivity contribution < 1.29 is 4.79 Å². The van der Waals surface area contributed by atoms with Crippen molar-refractivity contribution in [3.05, 3.63) is 29.8 Å². The van der Waals surface area contributed by atoms with Crippen LogP contribution in [0.25, 0.3) is 0 Å². The number of likely N-dealkylation sites (tertiary alicyclic amines) is 1. The van der Waals surface area contributed by atoms with Crippen LogP contribution in [0, 0.1) is 0 Å². The highest BCUT2D eigenvalue weighted by molar-refractivity contribution is 5.73. The fourth-order valence-corrected chi connectivity index (χ4v) is 4.65. The zero-order valence-electron chi connectivity index (χ0n) is 17.8. The number of para-hydroxylation sites is 1. The van der Waals surface area contributed by atoms with Gasteiger partial charge in [0.1, 0.15) is 6.17 Å². The number of carbonyl (C=O) groups is 1. The first-order chi connectivity index (χ1) is 13.7. The Bertz CT molecular complexity index is 629. The van der Waals surface area contributed by atoms with Gasteiger partial charge >= 0.3 is 0 Å². The SMILES string of the molecule is CC.CC(=O)N1CCCC[C@H]1CCN1CCN(C2NNc3ccccc32)CC1. The molecule has 3 aliphatic rings. The number of rotatable bonds is 4. The van der Waals surface area contributed by atoms with E-state index in [4.69, 9.17) is 0 Å². The molecule has 1 aromatic carbocycles. The van der Waals surface area contributed by atoms with Gasteiger partial charge in [-0.15, -0.1) is 0 Å². The molecule has 1 unspecified atom stereocenters. The van der Waals surface area contributed by atoms with E-state index >= 15 is 0 Å². The summed E-state index contributed by atoms with van der Waals surface area (Å²) in [5.41, 5.74) is 9.26. The van der Waals surface area contributed by atoms with Crippen LogP contribution in [0.1, 0.15) is 58.2 Å². The Kier molecular flexibility index (Phi) is 7.71. The molecule has 2 saturated heterocycles. The summed E-state index contributed by atoms with van der Waals surface area (Å²) >= 11 is 0. The third-order valence-electron chi connectivity index (χ3n) is 6.18. The van der Waals surface area contributed by atoms with E-state index < -0.39 is 0 Å². The number of hydrogen-bond donors (Lipinski definition) is 2. The zero-order chi connectivity index (χ0) is 19.9. The first-order valence-corrected chi connectivity index (χ1v) is 11.1. The summed E-state index contributed by atoms with van der Waals surface area (Å²) < 4.78 is 0. The molecule has 2 N–H and O–H groups in total. The minimum absolute atomic E-state index is 0.248. The molecule has 1 amide bonds. The van der Waals surface area contributed by atoms with Crippen molar-refractivity contribution >= 4 is 11.6 Å². The van der Waals surface area contributed by atoms with E-state index in [1.54, 1.807) is 6.92 Å². The van der Waals surface area contributed by atoms with Crippen molar-refractivity contribution in [2.24, 2.45) is 0 Å². The second-order valence-corrected chi connectivity index (χ2v) is 7.79. The third kappa shape index (κ3) is 4.85. The molecule has 0 spiro atoms. The highest BCUT2D eigenvalue weighted by atomic mass is 16.2. The van der Waals surface area contributed by atoms with Crippen LogP contribution in [0.3, 0.4) is 0 Å². The summed E-state index contributed by atoms with van der Waals surface area (Å²) in [4.78, 5) is 19.0. The molecule has 1 aromatic rings. The van der Waals surface area contributed by atoms with Gasteiger partial charge in [0.25, 0.3) is 0 Å². The molecule has 28 heavy (non-hydrogen) atoms. The summed E-state index contributed by atoms with van der Waals surface area (Å²) in [5.74, 6) is 0.248. The molecule has 0 radical (unpaired) electrons. The first kappa shape index (κ1) is 21.1. The number of hydrazine groups is 1. The largest absolute Gasteiger partial charge is 0.340 e. The molecule has 3 heterocycles. The van der Waals surface area contributed by atoms with E-state index in [-0.39, 0.29) is 12.1 Å². The van der Waals surface area contributed by atoms with E-state index in [1.165, 1.54) is 30.5 Å². The summed E-state index contributed by atoms with van der Waals surface area (Å²) in [6.45, 7) is 12.1. The fraction of sp³-hybridized carbons (Fsp3) is 0.682. The van der Waals surface area contributed by atoms with Crippen LogP contribution in [-0.4, -0.2) is 65.9 Å². The topological polar surface area (TPSA) is 50.9 Å². The summed E-state index contributed by atoms with van der Waals surface area (Å²) in [7, 11) is 0. The summed E-state index contributed by atoms with van der Waals surface area (Å²) in [5, 5.41) is 0. The van der Waals surface area contributed by atoms with Crippen LogP contribution in [-0.2, 0) is 4.79 Å². The summed E-state index contributed by atoms with van der Waals surface area (Å²) in [6.07, 6.45) is 5.00. The number of carbonyl (C=O) groups excluding carboxylic acids is 1. The molecular formula is C22H37N5O. The number of anilines is 1. The van der Waals surface area contributed by atoms with Crippen molar-refractivity contribution in [3.63, 3.8) is 0 Å². The Morgan fingerprint density at radius 2 is 1.82 bits per heavy atom. The molecule has 6 heteroatoms. The molecular weight excluding hydrogens is 350 g/mol. The van der Waals surface area contributed by atoms with Crippen molar-refractivity contribution in [2.45, 2.75) is 58.7 Å². The molecule has 0 saturated carbocycles. The number of amides is 1. The average Bonchev–Trinajstić information content (AvgIpc) is 3.18. The number of fused-ring (bicyclic) bond motifs is 1. The van der Waals surface area contributed by atoms with Crippen LogP contribution in [0.5, 0.6) is 0 Å². The number of nitrogens with zero attached hydrogens (tertiary/aromatic N) is 3. The maximum atomic E-state index is 11.8. The van der Waals surface area contributed by atoms with E-state index in [0.717, 1.165) is 45.7 Å². The summed E-state index contributed by atoms with van der Waals surface area (Å²) in [6, 6.07) is 8.97. The van der Waals surface area contributed by atoms with Crippen molar-refractivity contribution in [3.8, 4) is 0 Å². The number of piperazine rings is 1. The van der Waals surface area contributed by atoms with Gasteiger partial charge in [-0.1, -0.05) is 32.0 Å². The minimum atomic E-state index is 0.248. The maximum absolute atomic E-state index is 11.8. The van der Waals surface area contributed by atoms with Crippen LogP contribution < -0.4 is 10.9 Å². The van der Waals surface area contributed by atoms with Gasteiger partial charge in [0.15, 0.2) is 0 Å². The van der Waals surface area contributed by atoms with Gasteiger partial charge in [0, 0.05) is 57.8 Å². The lowest BCUT2D eigenvalue weighted by Gasteiger charge is -2.40. The fourth-order valence-electron chi connectivity index (χ4n) is 4.65. The molecule has 0 bridgehead atoms. The molecule has 0 aliphatic carbocycles. The van der Waals surface area contributed by atoms with Gasteiger partial charge in [0.05, 0.1) is 5.69 Å². The highest BCUT2D eigenvalue weighted by Crippen LogP contribution is 2.31. The standard InChI is InChI=1S/C20H31N5O.C2H6/c1-16(26)25-10-5-4-6-17(25)9-11-23-12-14-24(15-13-23)20-18-7-2-3-8-19(18)21-22-20;1-2/h2-3,7-8,17,20-22H,4-6,9-15H2,1H3;1-2H3/t17-,20?;/m0./s1. The normalized spacial score (nSPS) is 25.5. The van der Waals surface area contributed by atoms with E-state index in [2.05, 4.69) is 49.8 Å². The van der Waals surface area contributed by atoms with Crippen molar-refractivity contribution in [1.29, 1.82) is 0 Å². The van der Waals surface area contributed by atoms with Crippen molar-refractivity contribution in [2.75, 3.05) is 44.7 Å². The zero-order valence-corrected chi connectivity index (χ0v) is 17.8. The monoisotopic (exact) mass is 387 g/mol. The Morgan fingerprint density at radius 3 is 2.57 bits per heavy atom. The van der Waals surface area contributed by atoms with Gasteiger partial charge in [-0.25, -0.2) is 5.43 Å². The first-order valence-electron chi connectivity index (χ1n) is 11.1.